The summed E-state index contributed by atoms with van der Waals surface area (Å²) in [5.74, 6) is -0.318. The molecule has 0 aromatic heterocycles. The SMILES string of the molecule is NCC(O)Cc1c(F)cccc1Br. The summed E-state index contributed by atoms with van der Waals surface area (Å²) in [6.07, 6.45) is -0.447. The van der Waals surface area contributed by atoms with Gasteiger partial charge in [-0.05, 0) is 12.1 Å². The van der Waals surface area contributed by atoms with Gasteiger partial charge in [0.05, 0.1) is 6.10 Å². The summed E-state index contributed by atoms with van der Waals surface area (Å²) >= 11 is 3.21. The van der Waals surface area contributed by atoms with Gasteiger partial charge < -0.3 is 10.8 Å². The Balaban J connectivity index is 2.87. The number of nitrogens with two attached hydrogens (primary N) is 1. The maximum atomic E-state index is 13.2. The van der Waals surface area contributed by atoms with E-state index in [1.165, 1.54) is 6.07 Å². The number of aliphatic hydroxyl groups excluding tert-OH is 1. The zero-order valence-electron chi connectivity index (χ0n) is 7.00. The minimum Gasteiger partial charge on any atom is -0.391 e. The Hall–Kier alpha value is -0.450. The van der Waals surface area contributed by atoms with E-state index in [0.29, 0.717) is 10.0 Å². The fraction of sp³-hybridized carbons (Fsp3) is 0.333. The lowest BCUT2D eigenvalue weighted by atomic mass is 10.1. The molecule has 1 aromatic rings. The van der Waals surface area contributed by atoms with Crippen molar-refractivity contribution in [1.29, 1.82) is 0 Å². The third kappa shape index (κ3) is 2.76. The minimum atomic E-state index is -0.687. The second-order valence-electron chi connectivity index (χ2n) is 2.79. The molecule has 3 N–H and O–H groups in total. The average Bonchev–Trinajstić information content (AvgIpc) is 2.11. The van der Waals surface area contributed by atoms with Crippen LogP contribution in [-0.2, 0) is 6.42 Å². The Morgan fingerprint density at radius 2 is 2.23 bits per heavy atom. The van der Waals surface area contributed by atoms with E-state index < -0.39 is 6.10 Å². The number of benzene rings is 1. The Morgan fingerprint density at radius 1 is 1.54 bits per heavy atom. The molecule has 1 atom stereocenters. The molecule has 0 spiro atoms. The van der Waals surface area contributed by atoms with Crippen molar-refractivity contribution < 1.29 is 9.50 Å². The first-order valence-electron chi connectivity index (χ1n) is 3.96. The van der Waals surface area contributed by atoms with Crippen molar-refractivity contribution in [3.63, 3.8) is 0 Å². The second-order valence-corrected chi connectivity index (χ2v) is 3.65. The van der Waals surface area contributed by atoms with Crippen LogP contribution in [0.2, 0.25) is 0 Å². The molecule has 0 aliphatic rings. The Bertz CT molecular complexity index is 273. The van der Waals surface area contributed by atoms with Gasteiger partial charge in [-0.1, -0.05) is 22.0 Å². The maximum Gasteiger partial charge on any atom is 0.127 e. The molecule has 0 aliphatic carbocycles. The van der Waals surface area contributed by atoms with Crippen LogP contribution in [0.3, 0.4) is 0 Å². The Labute approximate surface area is 84.7 Å². The lowest BCUT2D eigenvalue weighted by molar-refractivity contribution is 0.182. The van der Waals surface area contributed by atoms with Crippen molar-refractivity contribution in [1.82, 2.24) is 0 Å². The van der Waals surface area contributed by atoms with E-state index in [0.717, 1.165) is 0 Å². The van der Waals surface area contributed by atoms with Crippen LogP contribution in [0.25, 0.3) is 0 Å². The van der Waals surface area contributed by atoms with E-state index in [-0.39, 0.29) is 18.8 Å². The molecular weight excluding hydrogens is 237 g/mol. The molecule has 1 aromatic carbocycles. The molecule has 4 heteroatoms. The van der Waals surface area contributed by atoms with Crippen molar-refractivity contribution in [2.75, 3.05) is 6.54 Å². The summed E-state index contributed by atoms with van der Waals surface area (Å²) < 4.78 is 13.8. The second kappa shape index (κ2) is 4.69. The van der Waals surface area contributed by atoms with Gasteiger partial charge in [-0.3, -0.25) is 0 Å². The molecule has 0 fully saturated rings. The standard InChI is InChI=1S/C9H11BrFNO/c10-8-2-1-3-9(11)7(8)4-6(13)5-12/h1-3,6,13H,4-5,12H2. The number of aliphatic hydroxyl groups is 1. The molecule has 72 valence electrons. The van der Waals surface area contributed by atoms with Crippen molar-refractivity contribution in [3.8, 4) is 0 Å². The van der Waals surface area contributed by atoms with E-state index in [9.17, 15) is 9.50 Å². The molecule has 0 radical (unpaired) electrons. The maximum absolute atomic E-state index is 13.2. The van der Waals surface area contributed by atoms with Crippen LogP contribution in [0.1, 0.15) is 5.56 Å². The summed E-state index contributed by atoms with van der Waals surface area (Å²) in [7, 11) is 0. The third-order valence-electron chi connectivity index (χ3n) is 1.77. The fourth-order valence-corrected chi connectivity index (χ4v) is 1.55. The molecule has 0 heterocycles. The van der Waals surface area contributed by atoms with Gasteiger partial charge in [-0.15, -0.1) is 0 Å². The van der Waals surface area contributed by atoms with Crippen LogP contribution in [-0.4, -0.2) is 17.8 Å². The quantitative estimate of drug-likeness (QED) is 0.850. The van der Waals surface area contributed by atoms with E-state index in [1.807, 2.05) is 0 Å². The molecule has 0 amide bonds. The summed E-state index contributed by atoms with van der Waals surface area (Å²) in [5, 5.41) is 9.25. The predicted octanol–water partition coefficient (Wildman–Crippen LogP) is 1.45. The minimum absolute atomic E-state index is 0.140. The van der Waals surface area contributed by atoms with Crippen molar-refractivity contribution in [2.45, 2.75) is 12.5 Å². The highest BCUT2D eigenvalue weighted by Gasteiger charge is 2.10. The normalized spacial score (nSPS) is 12.9. The molecule has 1 rings (SSSR count). The van der Waals surface area contributed by atoms with Gasteiger partial charge >= 0.3 is 0 Å². The predicted molar refractivity (Wildman–Crippen MR) is 52.9 cm³/mol. The third-order valence-corrected chi connectivity index (χ3v) is 2.52. The molecule has 0 bridgehead atoms. The zero-order chi connectivity index (χ0) is 9.84. The van der Waals surface area contributed by atoms with Crippen LogP contribution in [0.5, 0.6) is 0 Å². The molecule has 0 saturated carbocycles. The first kappa shape index (κ1) is 10.6. The topological polar surface area (TPSA) is 46.2 Å². The lowest BCUT2D eigenvalue weighted by Crippen LogP contribution is -2.22. The van der Waals surface area contributed by atoms with Gasteiger partial charge in [0.15, 0.2) is 0 Å². The average molecular weight is 248 g/mol. The van der Waals surface area contributed by atoms with Crippen LogP contribution >= 0.6 is 15.9 Å². The number of hydrogen-bond acceptors (Lipinski definition) is 2. The lowest BCUT2D eigenvalue weighted by Gasteiger charge is -2.09. The Kier molecular flexibility index (Phi) is 3.84. The van der Waals surface area contributed by atoms with E-state index in [2.05, 4.69) is 15.9 Å². The van der Waals surface area contributed by atoms with Gasteiger partial charge in [0.1, 0.15) is 5.82 Å². The highest BCUT2D eigenvalue weighted by atomic mass is 79.9. The number of hydrogen-bond donors (Lipinski definition) is 2. The monoisotopic (exact) mass is 247 g/mol. The summed E-state index contributed by atoms with van der Waals surface area (Å²) in [5.41, 5.74) is 5.70. The van der Waals surface area contributed by atoms with Gasteiger partial charge in [-0.2, -0.15) is 0 Å². The summed E-state index contributed by atoms with van der Waals surface area (Å²) in [4.78, 5) is 0. The molecule has 0 saturated heterocycles. The van der Waals surface area contributed by atoms with Crippen molar-refractivity contribution in [3.05, 3.63) is 34.1 Å². The van der Waals surface area contributed by atoms with Crippen molar-refractivity contribution in [2.24, 2.45) is 5.73 Å². The number of halogens is 2. The van der Waals surface area contributed by atoms with E-state index >= 15 is 0 Å². The van der Waals surface area contributed by atoms with E-state index in [4.69, 9.17) is 5.73 Å². The number of rotatable bonds is 3. The van der Waals surface area contributed by atoms with Crippen LogP contribution in [0, 0.1) is 5.82 Å². The Morgan fingerprint density at radius 3 is 2.77 bits per heavy atom. The molecular formula is C9H11BrFNO. The molecule has 2 nitrogen and oxygen atoms in total. The summed E-state index contributed by atoms with van der Waals surface area (Å²) in [6.45, 7) is 0.140. The highest BCUT2D eigenvalue weighted by Crippen LogP contribution is 2.20. The van der Waals surface area contributed by atoms with Gasteiger partial charge in [0.25, 0.3) is 0 Å². The van der Waals surface area contributed by atoms with Gasteiger partial charge in [0.2, 0.25) is 0 Å². The summed E-state index contributed by atoms with van der Waals surface area (Å²) in [6, 6.07) is 4.71. The molecule has 1 unspecified atom stereocenters. The largest absolute Gasteiger partial charge is 0.391 e. The van der Waals surface area contributed by atoms with Crippen LogP contribution in [0.15, 0.2) is 22.7 Å². The van der Waals surface area contributed by atoms with E-state index in [1.54, 1.807) is 12.1 Å². The van der Waals surface area contributed by atoms with Crippen LogP contribution in [0.4, 0.5) is 4.39 Å². The zero-order valence-corrected chi connectivity index (χ0v) is 8.59. The molecule has 0 aliphatic heterocycles. The fourth-order valence-electron chi connectivity index (χ4n) is 1.05. The first-order valence-corrected chi connectivity index (χ1v) is 4.75. The smallest absolute Gasteiger partial charge is 0.127 e. The van der Waals surface area contributed by atoms with Gasteiger partial charge in [-0.25, -0.2) is 4.39 Å². The highest BCUT2D eigenvalue weighted by molar-refractivity contribution is 9.10. The van der Waals surface area contributed by atoms with Gasteiger partial charge in [0, 0.05) is 23.0 Å². The van der Waals surface area contributed by atoms with Crippen LogP contribution < -0.4 is 5.73 Å². The molecule has 13 heavy (non-hydrogen) atoms. The van der Waals surface area contributed by atoms with Crippen molar-refractivity contribution >= 4 is 15.9 Å². The first-order chi connectivity index (χ1) is 6.15.